The molecule has 1 amide bonds. The second kappa shape index (κ2) is 4.53. The minimum atomic E-state index is 0.0489. The van der Waals surface area contributed by atoms with Crippen LogP contribution in [0.15, 0.2) is 18.2 Å². The first-order valence-corrected chi connectivity index (χ1v) is 6.94. The largest absolute Gasteiger partial charge is 0.508 e. The average molecular weight is 260 g/mol. The molecule has 0 spiro atoms. The number of hydrogen-bond donors (Lipinski definition) is 2. The van der Waals surface area contributed by atoms with E-state index in [4.69, 9.17) is 5.73 Å². The molecular formula is C15H20N2O2. The van der Waals surface area contributed by atoms with Crippen LogP contribution in [0.5, 0.6) is 5.75 Å². The van der Waals surface area contributed by atoms with Gasteiger partial charge in [0.2, 0.25) is 0 Å². The van der Waals surface area contributed by atoms with Gasteiger partial charge in [-0.15, -0.1) is 0 Å². The van der Waals surface area contributed by atoms with Crippen LogP contribution >= 0.6 is 0 Å². The maximum Gasteiger partial charge on any atom is 0.254 e. The van der Waals surface area contributed by atoms with Gasteiger partial charge in [-0.2, -0.15) is 0 Å². The highest BCUT2D eigenvalue weighted by Crippen LogP contribution is 2.37. The minimum Gasteiger partial charge on any atom is -0.508 e. The number of nitrogens with zero attached hydrogens (tertiary/aromatic N) is 1. The molecular weight excluding hydrogens is 240 g/mol. The number of phenols is 1. The lowest BCUT2D eigenvalue weighted by molar-refractivity contribution is 0.0574. The van der Waals surface area contributed by atoms with Crippen LogP contribution in [0.2, 0.25) is 0 Å². The van der Waals surface area contributed by atoms with Crippen LogP contribution in [0.1, 0.15) is 41.6 Å². The zero-order chi connectivity index (χ0) is 13.6. The fourth-order valence-corrected chi connectivity index (χ4v) is 3.54. The second-order valence-electron chi connectivity index (χ2n) is 5.78. The topological polar surface area (TPSA) is 66.6 Å². The van der Waals surface area contributed by atoms with E-state index in [2.05, 4.69) is 0 Å². The molecule has 2 heterocycles. The number of hydrogen-bond acceptors (Lipinski definition) is 3. The van der Waals surface area contributed by atoms with Crippen molar-refractivity contribution < 1.29 is 9.90 Å². The summed E-state index contributed by atoms with van der Waals surface area (Å²) in [6, 6.07) is 5.93. The average Bonchev–Trinajstić information content (AvgIpc) is 2.64. The van der Waals surface area contributed by atoms with Crippen LogP contribution in [-0.2, 0) is 0 Å². The molecule has 0 aromatic heterocycles. The van der Waals surface area contributed by atoms with Crippen LogP contribution in [0, 0.1) is 6.92 Å². The third-order valence-corrected chi connectivity index (χ3v) is 4.54. The van der Waals surface area contributed by atoms with Crippen molar-refractivity contribution in [2.45, 2.75) is 50.7 Å². The summed E-state index contributed by atoms with van der Waals surface area (Å²) in [6.45, 7) is 1.79. The highest BCUT2D eigenvalue weighted by Gasteiger charge is 2.42. The van der Waals surface area contributed by atoms with Crippen molar-refractivity contribution in [2.24, 2.45) is 5.73 Å². The number of nitrogens with two attached hydrogens (primary N) is 1. The lowest BCUT2D eigenvalue weighted by Gasteiger charge is -2.38. The Labute approximate surface area is 113 Å². The highest BCUT2D eigenvalue weighted by molar-refractivity contribution is 5.97. The lowest BCUT2D eigenvalue weighted by Crippen LogP contribution is -2.50. The quantitative estimate of drug-likeness (QED) is 0.809. The van der Waals surface area contributed by atoms with Gasteiger partial charge in [-0.25, -0.2) is 0 Å². The number of aromatic hydroxyl groups is 1. The van der Waals surface area contributed by atoms with Crippen molar-refractivity contribution in [1.82, 2.24) is 4.90 Å². The van der Waals surface area contributed by atoms with Crippen LogP contribution in [0.4, 0.5) is 0 Å². The molecule has 2 aliphatic heterocycles. The predicted octanol–water partition coefficient (Wildman–Crippen LogP) is 1.79. The molecule has 3 N–H and O–H groups in total. The van der Waals surface area contributed by atoms with E-state index < -0.39 is 0 Å². The number of rotatable bonds is 1. The summed E-state index contributed by atoms with van der Waals surface area (Å²) in [7, 11) is 0. The summed E-state index contributed by atoms with van der Waals surface area (Å²) >= 11 is 0. The fraction of sp³-hybridized carbons (Fsp3) is 0.533. The number of carbonyl (C=O) groups is 1. The Morgan fingerprint density at radius 3 is 2.58 bits per heavy atom. The molecule has 2 unspecified atom stereocenters. The molecule has 3 rings (SSSR count). The van der Waals surface area contributed by atoms with Crippen LogP contribution in [-0.4, -0.2) is 34.0 Å². The maximum atomic E-state index is 12.7. The van der Waals surface area contributed by atoms with E-state index in [-0.39, 0.29) is 29.8 Å². The molecule has 1 aromatic rings. The van der Waals surface area contributed by atoms with E-state index in [1.807, 2.05) is 4.90 Å². The van der Waals surface area contributed by atoms with Gasteiger partial charge in [0.15, 0.2) is 0 Å². The van der Waals surface area contributed by atoms with Gasteiger partial charge in [0, 0.05) is 29.3 Å². The van der Waals surface area contributed by atoms with Gasteiger partial charge in [0.05, 0.1) is 0 Å². The number of piperidine rings is 1. The number of benzene rings is 1. The molecule has 1 aromatic carbocycles. The van der Waals surface area contributed by atoms with Crippen molar-refractivity contribution in [2.75, 3.05) is 0 Å². The van der Waals surface area contributed by atoms with E-state index in [9.17, 15) is 9.90 Å². The maximum absolute atomic E-state index is 12.7. The van der Waals surface area contributed by atoms with Crippen LogP contribution in [0.3, 0.4) is 0 Å². The molecule has 2 aliphatic rings. The number of phenolic OH excluding ortho intramolecular Hbond substituents is 1. The summed E-state index contributed by atoms with van der Waals surface area (Å²) in [6.07, 6.45) is 3.92. The van der Waals surface area contributed by atoms with Crippen molar-refractivity contribution in [3.8, 4) is 5.75 Å². The van der Waals surface area contributed by atoms with Gasteiger partial charge in [0.1, 0.15) is 5.75 Å². The third-order valence-electron chi connectivity index (χ3n) is 4.54. The van der Waals surface area contributed by atoms with Gasteiger partial charge in [0.25, 0.3) is 5.91 Å². The summed E-state index contributed by atoms with van der Waals surface area (Å²) in [5.74, 6) is 0.236. The van der Waals surface area contributed by atoms with E-state index in [1.165, 1.54) is 0 Å². The summed E-state index contributed by atoms with van der Waals surface area (Å²) in [4.78, 5) is 14.7. The highest BCUT2D eigenvalue weighted by atomic mass is 16.3. The number of fused-ring (bicyclic) bond motifs is 2. The van der Waals surface area contributed by atoms with Gasteiger partial charge < -0.3 is 15.7 Å². The summed E-state index contributed by atoms with van der Waals surface area (Å²) < 4.78 is 0. The van der Waals surface area contributed by atoms with Crippen molar-refractivity contribution in [1.29, 1.82) is 0 Å². The summed E-state index contributed by atoms with van der Waals surface area (Å²) in [5.41, 5.74) is 7.32. The Balaban J connectivity index is 1.91. The molecule has 0 radical (unpaired) electrons. The molecule has 19 heavy (non-hydrogen) atoms. The van der Waals surface area contributed by atoms with Gasteiger partial charge >= 0.3 is 0 Å². The second-order valence-corrected chi connectivity index (χ2v) is 5.78. The van der Waals surface area contributed by atoms with Crippen molar-refractivity contribution in [3.63, 3.8) is 0 Å². The Morgan fingerprint density at radius 1 is 1.32 bits per heavy atom. The SMILES string of the molecule is Cc1c(O)cccc1C(=O)N1C2CCC1CC(N)C2. The molecule has 102 valence electrons. The van der Waals surface area contributed by atoms with Crippen molar-refractivity contribution in [3.05, 3.63) is 29.3 Å². The number of carbonyl (C=O) groups excluding carboxylic acids is 1. The van der Waals surface area contributed by atoms with E-state index in [1.54, 1.807) is 25.1 Å². The Kier molecular flexibility index (Phi) is 2.97. The van der Waals surface area contributed by atoms with Gasteiger partial charge in [-0.3, -0.25) is 4.79 Å². The zero-order valence-electron chi connectivity index (χ0n) is 11.2. The van der Waals surface area contributed by atoms with Crippen molar-refractivity contribution >= 4 is 5.91 Å². The smallest absolute Gasteiger partial charge is 0.254 e. The van der Waals surface area contributed by atoms with E-state index in [0.717, 1.165) is 25.7 Å². The molecule has 2 saturated heterocycles. The standard InChI is InChI=1S/C15H20N2O2/c1-9-13(3-2-4-14(9)18)15(19)17-11-5-6-12(17)8-10(16)7-11/h2-4,10-12,18H,5-8,16H2,1H3. The third kappa shape index (κ3) is 2.00. The molecule has 0 aliphatic carbocycles. The Hall–Kier alpha value is -1.55. The van der Waals surface area contributed by atoms with E-state index in [0.29, 0.717) is 11.1 Å². The van der Waals surface area contributed by atoms with Gasteiger partial charge in [-0.05, 0) is 44.7 Å². The minimum absolute atomic E-state index is 0.0489. The zero-order valence-corrected chi connectivity index (χ0v) is 11.2. The number of amides is 1. The Bertz CT molecular complexity index is 501. The molecule has 2 fully saturated rings. The monoisotopic (exact) mass is 260 g/mol. The van der Waals surface area contributed by atoms with Crippen LogP contribution in [0.25, 0.3) is 0 Å². The molecule has 2 bridgehead atoms. The predicted molar refractivity (Wildman–Crippen MR) is 73.0 cm³/mol. The van der Waals surface area contributed by atoms with Gasteiger partial charge in [-0.1, -0.05) is 6.07 Å². The van der Waals surface area contributed by atoms with Crippen LogP contribution < -0.4 is 5.73 Å². The first-order valence-electron chi connectivity index (χ1n) is 6.94. The Morgan fingerprint density at radius 2 is 1.95 bits per heavy atom. The first-order chi connectivity index (χ1) is 9.08. The van der Waals surface area contributed by atoms with E-state index >= 15 is 0 Å². The molecule has 2 atom stereocenters. The molecule has 4 nitrogen and oxygen atoms in total. The molecule has 4 heteroatoms. The lowest BCUT2D eigenvalue weighted by atomic mass is 9.96. The molecule has 0 saturated carbocycles. The normalized spacial score (nSPS) is 29.6. The first kappa shape index (κ1) is 12.5. The fourth-order valence-electron chi connectivity index (χ4n) is 3.54. The summed E-state index contributed by atoms with van der Waals surface area (Å²) in [5, 5.41) is 9.75.